The van der Waals surface area contributed by atoms with Crippen molar-refractivity contribution in [3.8, 4) is 23.6 Å². The fourth-order valence-electron chi connectivity index (χ4n) is 4.59. The summed E-state index contributed by atoms with van der Waals surface area (Å²) in [4.78, 5) is 0. The Balaban J connectivity index is 1.91. The monoisotopic (exact) mass is 529 g/mol. The van der Waals surface area contributed by atoms with Crippen molar-refractivity contribution in [2.75, 3.05) is 5.32 Å². The average Bonchev–Trinajstić information content (AvgIpc) is 2.94. The number of fused-ring (bicyclic) bond motifs is 4. The van der Waals surface area contributed by atoms with Crippen LogP contribution in [0.5, 0.6) is 11.5 Å². The average molecular weight is 530 g/mol. The van der Waals surface area contributed by atoms with Crippen molar-refractivity contribution in [1.82, 2.24) is 0 Å². The molecule has 6 nitrogen and oxygen atoms in total. The van der Waals surface area contributed by atoms with Gasteiger partial charge in [-0.2, -0.15) is 10.5 Å². The summed E-state index contributed by atoms with van der Waals surface area (Å²) in [5.74, 6) is 0.759. The van der Waals surface area contributed by atoms with Crippen LogP contribution in [0.15, 0.2) is 81.6 Å². The molecule has 0 aliphatic heterocycles. The maximum atomic E-state index is 10.4. The van der Waals surface area contributed by atoms with E-state index >= 15 is 0 Å². The second kappa shape index (κ2) is 10.7. The maximum absolute atomic E-state index is 10.4. The number of nitrogens with zero attached hydrogens (tertiary/aromatic N) is 2. The van der Waals surface area contributed by atoms with Crippen molar-refractivity contribution in [3.05, 3.63) is 89.5 Å². The zero-order chi connectivity index (χ0) is 28.4. The highest BCUT2D eigenvalue weighted by Gasteiger charge is 2.26. The first-order chi connectivity index (χ1) is 19.2. The van der Waals surface area contributed by atoms with Gasteiger partial charge in [0.15, 0.2) is 16.9 Å². The minimum atomic E-state index is -0.0228. The summed E-state index contributed by atoms with van der Waals surface area (Å²) in [6.45, 7) is 10.5. The predicted molar refractivity (Wildman–Crippen MR) is 159 cm³/mol. The van der Waals surface area contributed by atoms with Gasteiger partial charge in [-0.05, 0) is 48.6 Å². The van der Waals surface area contributed by atoms with E-state index in [0.717, 1.165) is 22.8 Å². The summed E-state index contributed by atoms with van der Waals surface area (Å²) in [5, 5.41) is 25.8. The molecule has 1 atom stereocenters. The van der Waals surface area contributed by atoms with Crippen LogP contribution in [0, 0.1) is 22.7 Å². The number of nitriles is 2. The molecule has 0 amide bonds. The van der Waals surface area contributed by atoms with Gasteiger partial charge in [-0.3, -0.25) is 0 Å². The van der Waals surface area contributed by atoms with Gasteiger partial charge in [0.25, 0.3) is 0 Å². The fraction of sp³-hybridized carbons (Fsp3) is 0.235. The van der Waals surface area contributed by atoms with E-state index < -0.39 is 0 Å². The van der Waals surface area contributed by atoms with E-state index in [1.807, 2.05) is 79.7 Å². The van der Waals surface area contributed by atoms with Crippen LogP contribution in [0.25, 0.3) is 33.1 Å². The molecular weight excluding hydrogens is 498 g/mol. The van der Waals surface area contributed by atoms with Gasteiger partial charge in [-0.15, -0.1) is 0 Å². The molecular formula is C34H31N3O3. The zero-order valence-corrected chi connectivity index (χ0v) is 23.3. The first-order valence-electron chi connectivity index (χ1n) is 13.4. The van der Waals surface area contributed by atoms with Gasteiger partial charge in [0.1, 0.15) is 45.9 Å². The number of rotatable bonds is 5. The van der Waals surface area contributed by atoms with Crippen molar-refractivity contribution in [2.45, 2.75) is 52.5 Å². The highest BCUT2D eigenvalue weighted by Crippen LogP contribution is 2.44. The third kappa shape index (κ3) is 4.93. The largest absolute Gasteiger partial charge is 0.454 e. The number of nitrogens with one attached hydrogen (secondary N) is 1. The van der Waals surface area contributed by atoms with Crippen LogP contribution >= 0.6 is 0 Å². The van der Waals surface area contributed by atoms with E-state index in [1.54, 1.807) is 0 Å². The highest BCUT2D eigenvalue weighted by atomic mass is 16.5. The first kappa shape index (κ1) is 26.7. The Kier molecular flexibility index (Phi) is 7.11. The maximum Gasteiger partial charge on any atom is 0.198 e. The normalized spacial score (nSPS) is 12.1. The Bertz CT molecular complexity index is 1860. The molecule has 0 bridgehead atoms. The Morgan fingerprint density at radius 1 is 0.800 bits per heavy atom. The van der Waals surface area contributed by atoms with Crippen LogP contribution in [0.1, 0.15) is 57.7 Å². The molecule has 0 radical (unpaired) electrons. The van der Waals surface area contributed by atoms with Crippen LogP contribution < -0.4 is 10.1 Å². The van der Waals surface area contributed by atoms with Gasteiger partial charge in [0.2, 0.25) is 0 Å². The van der Waals surface area contributed by atoms with Crippen LogP contribution in [-0.2, 0) is 5.41 Å². The molecule has 0 fully saturated rings. The van der Waals surface area contributed by atoms with Crippen LogP contribution in [0.4, 0.5) is 5.69 Å². The Hall–Kier alpha value is -4.94. The molecule has 6 heteroatoms. The topological polar surface area (TPSA) is 95.1 Å². The SMILES string of the molecule is CCC(C)Nc1c(Oc2ccc(C(C)(C)C)cc2)c(C#N)c(C#N)c2oc3ccccc3c3ccccc3oc12. The highest BCUT2D eigenvalue weighted by molar-refractivity contribution is 6.04. The lowest BCUT2D eigenvalue weighted by atomic mass is 9.87. The van der Waals surface area contributed by atoms with Gasteiger partial charge < -0.3 is 18.9 Å². The lowest BCUT2D eigenvalue weighted by molar-refractivity contribution is 0.479. The second-order valence-corrected chi connectivity index (χ2v) is 10.9. The van der Waals surface area contributed by atoms with E-state index in [4.69, 9.17) is 13.6 Å². The van der Waals surface area contributed by atoms with Crippen molar-refractivity contribution in [2.24, 2.45) is 0 Å². The van der Waals surface area contributed by atoms with Crippen LogP contribution in [-0.4, -0.2) is 6.04 Å². The minimum absolute atomic E-state index is 0.00534. The third-order valence-corrected chi connectivity index (χ3v) is 7.02. The molecule has 4 aromatic carbocycles. The summed E-state index contributed by atoms with van der Waals surface area (Å²) in [5.41, 5.74) is 3.31. The molecule has 0 saturated heterocycles. The molecule has 0 aliphatic rings. The van der Waals surface area contributed by atoms with Crippen molar-refractivity contribution in [3.63, 3.8) is 0 Å². The molecule has 5 aromatic rings. The molecule has 5 rings (SSSR count). The third-order valence-electron chi connectivity index (χ3n) is 7.02. The molecule has 1 N–H and O–H groups in total. The summed E-state index contributed by atoms with van der Waals surface area (Å²) in [6.07, 6.45) is 0.802. The quantitative estimate of drug-likeness (QED) is 0.244. The molecule has 40 heavy (non-hydrogen) atoms. The van der Waals surface area contributed by atoms with Crippen molar-refractivity contribution < 1.29 is 13.6 Å². The van der Waals surface area contributed by atoms with E-state index in [-0.39, 0.29) is 33.9 Å². The van der Waals surface area contributed by atoms with Gasteiger partial charge in [-0.1, -0.05) is 76.2 Å². The van der Waals surface area contributed by atoms with Crippen molar-refractivity contribution in [1.29, 1.82) is 10.5 Å². The smallest absolute Gasteiger partial charge is 0.198 e. The van der Waals surface area contributed by atoms with Gasteiger partial charge in [-0.25, -0.2) is 0 Å². The fourth-order valence-corrected chi connectivity index (χ4v) is 4.59. The number of para-hydroxylation sites is 2. The number of ether oxygens (including phenoxy) is 1. The summed E-state index contributed by atoms with van der Waals surface area (Å²) in [6, 6.07) is 27.4. The molecule has 1 unspecified atom stereocenters. The summed E-state index contributed by atoms with van der Waals surface area (Å²) in [7, 11) is 0. The van der Waals surface area contributed by atoms with Gasteiger partial charge >= 0.3 is 0 Å². The van der Waals surface area contributed by atoms with E-state index in [0.29, 0.717) is 28.2 Å². The molecule has 0 aliphatic carbocycles. The lowest BCUT2D eigenvalue weighted by Crippen LogP contribution is -2.15. The Morgan fingerprint density at radius 2 is 1.35 bits per heavy atom. The Morgan fingerprint density at radius 3 is 1.88 bits per heavy atom. The van der Waals surface area contributed by atoms with Crippen molar-refractivity contribution >= 4 is 38.8 Å². The first-order valence-corrected chi connectivity index (χ1v) is 13.4. The van der Waals surface area contributed by atoms with E-state index in [9.17, 15) is 10.5 Å². The van der Waals surface area contributed by atoms with Gasteiger partial charge in [0.05, 0.1) is 0 Å². The minimum Gasteiger partial charge on any atom is -0.454 e. The van der Waals surface area contributed by atoms with Gasteiger partial charge in [0, 0.05) is 16.8 Å². The molecule has 200 valence electrons. The summed E-state index contributed by atoms with van der Waals surface area (Å²) < 4.78 is 19.4. The molecule has 0 spiro atoms. The Labute approximate surface area is 233 Å². The molecule has 0 saturated carbocycles. The zero-order valence-electron chi connectivity index (χ0n) is 23.3. The number of anilines is 1. The molecule has 1 heterocycles. The van der Waals surface area contributed by atoms with E-state index in [2.05, 4.69) is 45.2 Å². The standard InChI is InChI=1S/C34H31N3O3/c1-6-21(2)37-30-31(38-23-17-15-22(16-18-23)34(3,4)5)26(19-35)27(20-36)32-33(30)40-29-14-10-8-12-25(29)24-11-7-9-13-28(24)39-32/h7-18,21,37H,6H2,1-5H3. The van der Waals surface area contributed by atoms with Crippen LogP contribution in [0.3, 0.4) is 0 Å². The number of hydrogen-bond donors (Lipinski definition) is 1. The second-order valence-electron chi connectivity index (χ2n) is 10.9. The lowest BCUT2D eigenvalue weighted by Gasteiger charge is -2.21. The number of benzene rings is 4. The number of hydrogen-bond acceptors (Lipinski definition) is 6. The summed E-state index contributed by atoms with van der Waals surface area (Å²) >= 11 is 0. The van der Waals surface area contributed by atoms with Crippen LogP contribution in [0.2, 0.25) is 0 Å². The van der Waals surface area contributed by atoms with E-state index in [1.165, 1.54) is 0 Å². The predicted octanol–water partition coefficient (Wildman–Crippen LogP) is 9.50. The molecule has 1 aromatic heterocycles.